The van der Waals surface area contributed by atoms with Gasteiger partial charge in [0.05, 0.1) is 38.3 Å². The minimum absolute atomic E-state index is 0.00978. The lowest BCUT2D eigenvalue weighted by molar-refractivity contribution is -0.156. The van der Waals surface area contributed by atoms with Gasteiger partial charge in [-0.1, -0.05) is 137 Å². The fraction of sp³-hybridized carbons (Fsp3) is 0.604. The van der Waals surface area contributed by atoms with Crippen molar-refractivity contribution in [2.24, 2.45) is 52.4 Å². The largest absolute Gasteiger partial charge is 0.469 e. The highest BCUT2D eigenvalue weighted by atomic mass is 16.6. The minimum Gasteiger partial charge on any atom is -0.469 e. The van der Waals surface area contributed by atoms with Gasteiger partial charge in [-0.05, 0) is 197 Å². The molecule has 636 valence electrons. The molecule has 116 heavy (non-hydrogen) atoms. The van der Waals surface area contributed by atoms with Crippen LogP contribution in [0.2, 0.25) is 0 Å². The molecule has 0 aromatic heterocycles. The summed E-state index contributed by atoms with van der Waals surface area (Å²) in [5.74, 6) is -5.53. The van der Waals surface area contributed by atoms with E-state index in [0.717, 1.165) is 27.8 Å². The molecule has 8 rings (SSSR count). The van der Waals surface area contributed by atoms with Gasteiger partial charge < -0.3 is 61.5 Å². The van der Waals surface area contributed by atoms with Crippen LogP contribution in [0.15, 0.2) is 109 Å². The highest BCUT2D eigenvalue weighted by Gasteiger charge is 2.45. The predicted molar refractivity (Wildman–Crippen MR) is 444 cm³/mol. The number of ketones is 4. The number of unbranched alkanes of at least 4 members (excludes halogenated alkanes) is 2. The molecule has 4 heterocycles. The Hall–Kier alpha value is -9.20. The number of hydrogen-bond donors (Lipinski definition) is 6. The van der Waals surface area contributed by atoms with Gasteiger partial charge in [0, 0.05) is 95.0 Å². The normalized spacial score (nSPS) is 18.0. The molecule has 0 radical (unpaired) electrons. The van der Waals surface area contributed by atoms with Gasteiger partial charge in [-0.15, -0.1) is 0 Å². The maximum absolute atomic E-state index is 14.7. The molecule has 0 bridgehead atoms. The third kappa shape index (κ3) is 29.2. The Kier molecular flexibility index (Phi) is 36.0. The number of methoxy groups -OCH3 is 2. The zero-order valence-corrected chi connectivity index (χ0v) is 71.0. The molecule has 8 N–H and O–H groups in total. The van der Waals surface area contributed by atoms with Crippen LogP contribution >= 0.6 is 0 Å². The number of piperidine rings is 2. The quantitative estimate of drug-likeness (QED) is 0.0139. The van der Waals surface area contributed by atoms with Gasteiger partial charge in [0.1, 0.15) is 40.4 Å². The number of nitrogens with two attached hydrogens (primary N) is 2. The maximum atomic E-state index is 14.7. The minimum atomic E-state index is -1.15. The van der Waals surface area contributed by atoms with Crippen molar-refractivity contribution < 1.29 is 76.5 Å². The van der Waals surface area contributed by atoms with E-state index in [-0.39, 0.29) is 142 Å². The predicted octanol–water partition coefficient (Wildman–Crippen LogP) is 11.0. The first-order valence-corrected chi connectivity index (χ1v) is 41.8. The molecular weight excluding hydrogens is 1480 g/mol. The summed E-state index contributed by atoms with van der Waals surface area (Å²) in [4.78, 5) is 169. The van der Waals surface area contributed by atoms with E-state index in [2.05, 4.69) is 27.3 Å². The number of ether oxygens (including phenoxy) is 4. The zero-order chi connectivity index (χ0) is 85.1. The number of alkyl carbamates (subject to hydrolysis) is 1. The summed E-state index contributed by atoms with van der Waals surface area (Å²) < 4.78 is 21.0. The van der Waals surface area contributed by atoms with E-state index in [4.69, 9.17) is 30.4 Å². The van der Waals surface area contributed by atoms with E-state index in [1.807, 2.05) is 138 Å². The third-order valence-electron chi connectivity index (χ3n) is 22.5. The molecule has 0 unspecified atom stereocenters. The maximum Gasteiger partial charge on any atom is 0.411 e. The van der Waals surface area contributed by atoms with Crippen LogP contribution in [0.25, 0.3) is 0 Å². The molecule has 4 aromatic rings. The van der Waals surface area contributed by atoms with Gasteiger partial charge in [-0.3, -0.25) is 52.8 Å². The first kappa shape index (κ1) is 94.0. The number of likely N-dealkylation sites (tertiary alicyclic amines) is 2. The van der Waals surface area contributed by atoms with Crippen molar-refractivity contribution in [1.29, 1.82) is 0 Å². The number of carbonyl (C=O) groups is 12. The number of esters is 2. The van der Waals surface area contributed by atoms with Gasteiger partial charge in [0.2, 0.25) is 23.6 Å². The smallest absolute Gasteiger partial charge is 0.411 e. The van der Waals surface area contributed by atoms with Gasteiger partial charge in [-0.2, -0.15) is 0 Å². The number of rotatable bonds is 37. The van der Waals surface area contributed by atoms with Crippen molar-refractivity contribution in [3.05, 3.63) is 143 Å². The summed E-state index contributed by atoms with van der Waals surface area (Å²) in [6, 6.07) is 31.9. The SMILES string of the molecule is COC(=O)C1(C)CCN(C(=O)[C@@H](CCCCNC(=O)OC(C)(C)C)NC(=O)[C@H](CC(=O)[C@H](CC(=O)[C@H]2Cc3ccccc3CN2C(=O)OC(C)(C)C)Cc2ccccc2)CC(C)C)CC1.COC(=O)C1(N)CCN(C(=O)[C@@H](CCCCN)NC(=O)[C@H](CC(=O)[C@H](CC(=O)[C@H]2Cc3ccccc3CN2)Cc2ccccc2)CC(C)C)CC1. The Balaban J connectivity index is 0.000000330. The molecule has 25 heteroatoms. The van der Waals surface area contributed by atoms with Gasteiger partial charge in [0.15, 0.2) is 11.6 Å². The molecule has 4 aromatic carbocycles. The Labute approximate surface area is 687 Å². The second-order valence-electron chi connectivity index (χ2n) is 35.3. The number of Topliss-reactive ketones (excluding diaryl/α,β-unsaturated/α-hetero) is 4. The fourth-order valence-electron chi connectivity index (χ4n) is 15.9. The molecule has 2 saturated heterocycles. The first-order valence-electron chi connectivity index (χ1n) is 41.8. The fourth-order valence-corrected chi connectivity index (χ4v) is 15.9. The molecule has 0 aliphatic carbocycles. The van der Waals surface area contributed by atoms with E-state index >= 15 is 0 Å². The molecular formula is C91H131N9O16. The van der Waals surface area contributed by atoms with Gasteiger partial charge in [0.25, 0.3) is 0 Å². The van der Waals surface area contributed by atoms with Crippen molar-refractivity contribution in [1.82, 2.24) is 36.0 Å². The number of nitrogens with zero attached hydrogens (tertiary/aromatic N) is 3. The van der Waals surface area contributed by atoms with Crippen molar-refractivity contribution in [2.75, 3.05) is 53.5 Å². The van der Waals surface area contributed by atoms with Crippen molar-refractivity contribution in [3.63, 3.8) is 0 Å². The summed E-state index contributed by atoms with van der Waals surface area (Å²) in [7, 11) is 2.65. The van der Waals surface area contributed by atoms with Crippen LogP contribution < -0.4 is 32.7 Å². The summed E-state index contributed by atoms with van der Waals surface area (Å²) in [6.45, 7) is 23.1. The van der Waals surface area contributed by atoms with E-state index in [1.165, 1.54) is 24.7 Å². The van der Waals surface area contributed by atoms with Crippen LogP contribution in [0.4, 0.5) is 9.59 Å². The average Bonchev–Trinajstić information content (AvgIpc) is 0.757. The molecule has 8 atom stereocenters. The molecule has 0 saturated carbocycles. The van der Waals surface area contributed by atoms with Crippen LogP contribution in [-0.2, 0) is 106 Å². The molecule has 0 spiro atoms. The summed E-state index contributed by atoms with van der Waals surface area (Å²) in [5.41, 5.74) is 14.7. The number of nitrogens with one attached hydrogen (secondary N) is 4. The highest BCUT2D eigenvalue weighted by Crippen LogP contribution is 2.35. The summed E-state index contributed by atoms with van der Waals surface area (Å²) >= 11 is 0. The Morgan fingerprint density at radius 2 is 0.966 bits per heavy atom. The van der Waals surface area contributed by atoms with E-state index in [9.17, 15) is 57.5 Å². The van der Waals surface area contributed by atoms with Gasteiger partial charge in [-0.25, -0.2) is 9.59 Å². The number of fused-ring (bicyclic) bond motifs is 2. The lowest BCUT2D eigenvalue weighted by Gasteiger charge is -2.39. The van der Waals surface area contributed by atoms with Crippen LogP contribution in [0.1, 0.15) is 212 Å². The van der Waals surface area contributed by atoms with Crippen molar-refractivity contribution >= 4 is 70.9 Å². The Bertz CT molecular complexity index is 3950. The third-order valence-corrected chi connectivity index (χ3v) is 22.5. The zero-order valence-electron chi connectivity index (χ0n) is 71.0. The van der Waals surface area contributed by atoms with Gasteiger partial charge >= 0.3 is 24.1 Å². The van der Waals surface area contributed by atoms with Crippen LogP contribution in [0.5, 0.6) is 0 Å². The Morgan fingerprint density at radius 3 is 1.43 bits per heavy atom. The number of hydrogen-bond acceptors (Lipinski definition) is 19. The molecule has 4 aliphatic rings. The summed E-state index contributed by atoms with van der Waals surface area (Å²) in [6.07, 6.45) is 5.24. The van der Waals surface area contributed by atoms with Crippen LogP contribution in [0.3, 0.4) is 0 Å². The highest BCUT2D eigenvalue weighted by molar-refractivity contribution is 5.97. The molecule has 6 amide bonds. The molecule has 25 nitrogen and oxygen atoms in total. The molecule has 2 fully saturated rings. The number of benzene rings is 4. The van der Waals surface area contributed by atoms with E-state index in [1.54, 1.807) is 51.3 Å². The second kappa shape index (κ2) is 44.4. The summed E-state index contributed by atoms with van der Waals surface area (Å²) in [5, 5.41) is 12.1. The standard InChI is InChI=1S/C51H74N4O10.C40H57N5O6/c1-34(2)28-39(44(58)53-40(22-16-17-25-52-47(61)64-49(3,4)5)45(59)54-26-23-51(9,24-27-54)46(60)63-10)32-42(56)38(29-35-18-12-11-13-19-35)31-43(57)41-30-36-20-14-15-21-37(36)33-55(41)48(62)65-50(6,7)8;1-27(2)21-32(37(48)44-33(15-9-10-18-41)38(49)45-19-16-40(42,17-20-45)39(50)51-3)25-35(46)31(22-28-11-5-4-6-12-28)24-36(47)34-23-29-13-7-8-14-30(29)26-43-34/h11-15,18-21,34,38-41H,16-17,22-33H2,1-10H3,(H,52,61)(H,53,58);4-8,11-14,27,31-34,43H,9-10,15-26,41-42H2,1-3H3,(H,44,48)/t38-,39-,40+,41+;31-,32-,33+,34+/m00/s1. The Morgan fingerprint density at radius 1 is 0.526 bits per heavy atom. The monoisotopic (exact) mass is 1610 g/mol. The lowest BCUT2D eigenvalue weighted by Crippen LogP contribution is -2.59. The number of carbonyl (C=O) groups excluding carboxylic acids is 12. The lowest BCUT2D eigenvalue weighted by atomic mass is 9.80. The van der Waals surface area contributed by atoms with Crippen LogP contribution in [-0.4, -0.2) is 180 Å². The topological polar surface area (TPSA) is 352 Å². The first-order chi connectivity index (χ1) is 54.9. The van der Waals surface area contributed by atoms with E-state index < -0.39 is 88.0 Å². The van der Waals surface area contributed by atoms with Crippen LogP contribution in [0, 0.1) is 40.9 Å². The second-order valence-corrected chi connectivity index (χ2v) is 35.3. The van der Waals surface area contributed by atoms with Crippen molar-refractivity contribution in [3.8, 4) is 0 Å². The van der Waals surface area contributed by atoms with E-state index in [0.29, 0.717) is 103 Å². The number of amides is 6. The average molecular weight is 1610 g/mol. The molecule has 4 aliphatic heterocycles. The van der Waals surface area contributed by atoms with Crippen molar-refractivity contribution in [2.45, 2.75) is 259 Å².